The summed E-state index contributed by atoms with van der Waals surface area (Å²) in [6, 6.07) is 9.45. The van der Waals surface area contributed by atoms with Crippen LogP contribution in [0.25, 0.3) is 0 Å². The fourth-order valence-electron chi connectivity index (χ4n) is 3.10. The summed E-state index contributed by atoms with van der Waals surface area (Å²) >= 11 is 0. The van der Waals surface area contributed by atoms with Crippen LogP contribution in [-0.2, 0) is 20.9 Å². The highest BCUT2D eigenvalue weighted by Crippen LogP contribution is 2.25. The lowest BCUT2D eigenvalue weighted by molar-refractivity contribution is -0.131. The maximum Gasteiger partial charge on any atom is 0.260 e. The third kappa shape index (κ3) is 4.33. The van der Waals surface area contributed by atoms with E-state index in [1.54, 1.807) is 9.58 Å². The van der Waals surface area contributed by atoms with E-state index in [4.69, 9.17) is 0 Å². The lowest BCUT2D eigenvalue weighted by atomic mass is 10.1. The maximum atomic E-state index is 12.3. The molecular formula is C19H23N5O3. The second-order valence-electron chi connectivity index (χ2n) is 6.86. The summed E-state index contributed by atoms with van der Waals surface area (Å²) in [5.41, 5.74) is 8.37. The molecule has 2 aromatic rings. The minimum Gasteiger partial charge on any atom is -0.312 e. The first-order chi connectivity index (χ1) is 12.8. The molecule has 0 bridgehead atoms. The molecule has 1 aliphatic heterocycles. The molecule has 0 aliphatic carbocycles. The largest absolute Gasteiger partial charge is 0.312 e. The highest BCUT2D eigenvalue weighted by molar-refractivity contribution is 6.00. The van der Waals surface area contributed by atoms with Crippen LogP contribution in [0.1, 0.15) is 23.4 Å². The second kappa shape index (κ2) is 7.61. The molecule has 1 atom stereocenters. The Kier molecular flexibility index (Phi) is 5.25. The third-order valence-corrected chi connectivity index (χ3v) is 4.56. The second-order valence-corrected chi connectivity index (χ2v) is 6.86. The van der Waals surface area contributed by atoms with E-state index < -0.39 is 5.92 Å². The minimum absolute atomic E-state index is 0.0129. The van der Waals surface area contributed by atoms with Crippen LogP contribution in [0.4, 0.5) is 5.69 Å². The number of amides is 3. The molecule has 1 saturated heterocycles. The molecule has 1 aromatic heterocycles. The Balaban J connectivity index is 1.52. The summed E-state index contributed by atoms with van der Waals surface area (Å²) in [4.78, 5) is 38.2. The molecule has 0 radical (unpaired) electrons. The van der Waals surface area contributed by atoms with Crippen LogP contribution in [0.5, 0.6) is 0 Å². The molecule has 2 heterocycles. The number of aromatic nitrogens is 2. The number of carbonyl (C=O) groups is 3. The lowest BCUT2D eigenvalue weighted by Gasteiger charge is -2.17. The molecule has 3 amide bonds. The average Bonchev–Trinajstić information content (AvgIpc) is 3.15. The molecule has 0 spiro atoms. The standard InChI is InChI=1S/C19H23N5O3/c1-12-4-6-16(7-5-12)23-10-15(9-18(23)26)19(27)21-20-17(25)11-24-14(3)8-13(2)22-24/h4-8,15H,9-11H2,1-3H3,(H,20,25)(H,21,27)/t15-/m0/s1. The molecule has 0 saturated carbocycles. The van der Waals surface area contributed by atoms with Crippen LogP contribution in [-0.4, -0.2) is 34.0 Å². The summed E-state index contributed by atoms with van der Waals surface area (Å²) in [6.07, 6.45) is 0.118. The first-order valence-electron chi connectivity index (χ1n) is 8.80. The molecule has 8 nitrogen and oxygen atoms in total. The minimum atomic E-state index is -0.507. The molecule has 2 N–H and O–H groups in total. The summed E-state index contributed by atoms with van der Waals surface area (Å²) in [5.74, 6) is -1.37. The van der Waals surface area contributed by atoms with Gasteiger partial charge >= 0.3 is 0 Å². The van der Waals surface area contributed by atoms with Crippen LogP contribution in [0.3, 0.4) is 0 Å². The number of benzene rings is 1. The first kappa shape index (κ1) is 18.6. The van der Waals surface area contributed by atoms with Crippen molar-refractivity contribution in [2.75, 3.05) is 11.4 Å². The first-order valence-corrected chi connectivity index (χ1v) is 8.80. The Morgan fingerprint density at radius 2 is 1.85 bits per heavy atom. The number of nitrogens with one attached hydrogen (secondary N) is 2. The Labute approximate surface area is 157 Å². The monoisotopic (exact) mass is 369 g/mol. The molecule has 3 rings (SSSR count). The summed E-state index contributed by atoms with van der Waals surface area (Å²) in [5, 5.41) is 4.21. The fraction of sp³-hybridized carbons (Fsp3) is 0.368. The van der Waals surface area contributed by atoms with Gasteiger partial charge in [0.25, 0.3) is 5.91 Å². The molecule has 142 valence electrons. The molecule has 0 unspecified atom stereocenters. The van der Waals surface area contributed by atoms with Gasteiger partial charge in [-0.25, -0.2) is 0 Å². The normalized spacial score (nSPS) is 16.5. The van der Waals surface area contributed by atoms with Gasteiger partial charge in [0, 0.05) is 24.3 Å². The zero-order valence-electron chi connectivity index (χ0n) is 15.7. The van der Waals surface area contributed by atoms with E-state index in [1.807, 2.05) is 51.1 Å². The Bertz CT molecular complexity index is 872. The number of hydrazine groups is 1. The quantitative estimate of drug-likeness (QED) is 0.786. The Morgan fingerprint density at radius 1 is 1.15 bits per heavy atom. The Hall–Kier alpha value is -3.16. The van der Waals surface area contributed by atoms with Gasteiger partial charge in [0.1, 0.15) is 6.54 Å². The molecular weight excluding hydrogens is 346 g/mol. The molecule has 1 aliphatic rings. The van der Waals surface area contributed by atoms with Gasteiger partial charge < -0.3 is 4.90 Å². The van der Waals surface area contributed by atoms with Crippen LogP contribution in [0, 0.1) is 26.7 Å². The number of rotatable bonds is 4. The zero-order chi connectivity index (χ0) is 19.6. The van der Waals surface area contributed by atoms with Crippen molar-refractivity contribution in [3.05, 3.63) is 47.3 Å². The van der Waals surface area contributed by atoms with Crippen molar-refractivity contribution >= 4 is 23.4 Å². The number of anilines is 1. The van der Waals surface area contributed by atoms with Crippen molar-refractivity contribution < 1.29 is 14.4 Å². The van der Waals surface area contributed by atoms with Crippen molar-refractivity contribution in [3.63, 3.8) is 0 Å². The zero-order valence-corrected chi connectivity index (χ0v) is 15.7. The number of nitrogens with zero attached hydrogens (tertiary/aromatic N) is 3. The van der Waals surface area contributed by atoms with Gasteiger partial charge in [-0.2, -0.15) is 5.10 Å². The summed E-state index contributed by atoms with van der Waals surface area (Å²) < 4.78 is 1.56. The topological polar surface area (TPSA) is 96.3 Å². The Morgan fingerprint density at radius 3 is 2.48 bits per heavy atom. The van der Waals surface area contributed by atoms with E-state index in [1.165, 1.54) is 0 Å². The summed E-state index contributed by atoms with van der Waals surface area (Å²) in [7, 11) is 0. The maximum absolute atomic E-state index is 12.3. The van der Waals surface area contributed by atoms with Crippen LogP contribution >= 0.6 is 0 Å². The van der Waals surface area contributed by atoms with Crippen LogP contribution < -0.4 is 15.8 Å². The van der Waals surface area contributed by atoms with Crippen LogP contribution in [0.15, 0.2) is 30.3 Å². The van der Waals surface area contributed by atoms with Crippen molar-refractivity contribution in [2.45, 2.75) is 33.7 Å². The molecule has 27 heavy (non-hydrogen) atoms. The molecule has 1 fully saturated rings. The predicted molar refractivity (Wildman–Crippen MR) is 99.6 cm³/mol. The number of hydrogen-bond donors (Lipinski definition) is 2. The van der Waals surface area contributed by atoms with Crippen LogP contribution in [0.2, 0.25) is 0 Å². The smallest absolute Gasteiger partial charge is 0.260 e. The van der Waals surface area contributed by atoms with Gasteiger partial charge in [0.05, 0.1) is 11.6 Å². The highest BCUT2D eigenvalue weighted by Gasteiger charge is 2.35. The lowest BCUT2D eigenvalue weighted by Crippen LogP contribution is -2.46. The van der Waals surface area contributed by atoms with Crippen molar-refractivity contribution in [2.24, 2.45) is 5.92 Å². The van der Waals surface area contributed by atoms with E-state index in [0.29, 0.717) is 6.54 Å². The average molecular weight is 369 g/mol. The van der Waals surface area contributed by atoms with Gasteiger partial charge in [0.2, 0.25) is 11.8 Å². The third-order valence-electron chi connectivity index (χ3n) is 4.56. The fourth-order valence-corrected chi connectivity index (χ4v) is 3.10. The SMILES string of the molecule is Cc1ccc(N2C[C@@H](C(=O)NNC(=O)Cn3nc(C)cc3C)CC2=O)cc1. The molecule has 8 heteroatoms. The van der Waals surface area contributed by atoms with Crippen molar-refractivity contribution in [1.29, 1.82) is 0 Å². The number of hydrogen-bond acceptors (Lipinski definition) is 4. The number of aryl methyl sites for hydroxylation is 3. The van der Waals surface area contributed by atoms with E-state index in [-0.39, 0.29) is 30.7 Å². The van der Waals surface area contributed by atoms with Gasteiger partial charge in [0.15, 0.2) is 0 Å². The summed E-state index contributed by atoms with van der Waals surface area (Å²) in [6.45, 7) is 5.98. The van der Waals surface area contributed by atoms with Gasteiger partial charge in [-0.3, -0.25) is 29.9 Å². The number of carbonyl (C=O) groups excluding carboxylic acids is 3. The van der Waals surface area contributed by atoms with E-state index in [0.717, 1.165) is 22.6 Å². The van der Waals surface area contributed by atoms with E-state index in [2.05, 4.69) is 16.0 Å². The van der Waals surface area contributed by atoms with E-state index in [9.17, 15) is 14.4 Å². The van der Waals surface area contributed by atoms with Crippen molar-refractivity contribution in [3.8, 4) is 0 Å². The van der Waals surface area contributed by atoms with E-state index >= 15 is 0 Å². The predicted octanol–water partition coefficient (Wildman–Crippen LogP) is 1.01. The molecule has 1 aromatic carbocycles. The highest BCUT2D eigenvalue weighted by atomic mass is 16.2. The van der Waals surface area contributed by atoms with Crippen molar-refractivity contribution in [1.82, 2.24) is 20.6 Å². The van der Waals surface area contributed by atoms with Gasteiger partial charge in [-0.1, -0.05) is 17.7 Å². The van der Waals surface area contributed by atoms with Gasteiger partial charge in [-0.05, 0) is 39.0 Å². The van der Waals surface area contributed by atoms with Gasteiger partial charge in [-0.15, -0.1) is 0 Å².